The molecule has 0 aromatic carbocycles. The van der Waals surface area contributed by atoms with Crippen molar-refractivity contribution in [3.8, 4) is 0 Å². The minimum Gasteiger partial charge on any atom is -0.481 e. The third-order valence-electron chi connectivity index (χ3n) is 4.14. The van der Waals surface area contributed by atoms with Crippen molar-refractivity contribution in [3.05, 3.63) is 12.2 Å². The number of ether oxygens (including phenoxy) is 1. The Bertz CT molecular complexity index is 313. The van der Waals surface area contributed by atoms with E-state index in [1.807, 2.05) is 0 Å². The summed E-state index contributed by atoms with van der Waals surface area (Å²) in [6.45, 7) is 0.221. The van der Waals surface area contributed by atoms with E-state index in [9.17, 15) is 9.90 Å². The lowest BCUT2D eigenvalue weighted by atomic mass is 9.78. The summed E-state index contributed by atoms with van der Waals surface area (Å²) in [4.78, 5) is 10.3. The molecule has 18 heavy (non-hydrogen) atoms. The molecule has 0 radical (unpaired) electrons. The number of allylic oxidation sites excluding steroid dienone is 2. The molecule has 0 saturated carbocycles. The summed E-state index contributed by atoms with van der Waals surface area (Å²) in [5.41, 5.74) is 0. The van der Waals surface area contributed by atoms with Gasteiger partial charge in [-0.3, -0.25) is 4.79 Å². The molecule has 2 aliphatic rings. The molecule has 0 aromatic heterocycles. The summed E-state index contributed by atoms with van der Waals surface area (Å²) in [6, 6.07) is 0. The average Bonchev–Trinajstić information content (AvgIpc) is 2.93. The maximum absolute atomic E-state index is 10.3. The van der Waals surface area contributed by atoms with Gasteiger partial charge >= 0.3 is 5.97 Å². The van der Waals surface area contributed by atoms with E-state index in [2.05, 4.69) is 12.2 Å². The highest BCUT2D eigenvalue weighted by atomic mass is 16.5. The molecule has 0 aromatic rings. The molecule has 4 atom stereocenters. The molecule has 102 valence electrons. The summed E-state index contributed by atoms with van der Waals surface area (Å²) in [5, 5.41) is 17.9. The normalized spacial score (nSPS) is 34.5. The van der Waals surface area contributed by atoms with E-state index >= 15 is 0 Å². The summed E-state index contributed by atoms with van der Waals surface area (Å²) in [6.07, 6.45) is 9.69. The van der Waals surface area contributed by atoms with E-state index < -0.39 is 5.97 Å². The molecule has 2 rings (SSSR count). The van der Waals surface area contributed by atoms with Gasteiger partial charge in [0, 0.05) is 18.9 Å². The molecule has 0 amide bonds. The molecule has 4 heteroatoms. The molecular formula is C14H22O4. The highest BCUT2D eigenvalue weighted by Gasteiger charge is 2.47. The van der Waals surface area contributed by atoms with E-state index in [4.69, 9.17) is 9.84 Å². The van der Waals surface area contributed by atoms with Crippen molar-refractivity contribution >= 4 is 5.97 Å². The number of hydrogen-bond donors (Lipinski definition) is 2. The predicted octanol–water partition coefficient (Wildman–Crippen LogP) is 1.97. The topological polar surface area (TPSA) is 66.8 Å². The maximum atomic E-state index is 10.3. The number of aliphatic hydroxyl groups excluding tert-OH is 1. The highest BCUT2D eigenvalue weighted by Crippen LogP contribution is 2.44. The van der Waals surface area contributed by atoms with Crippen LogP contribution in [0.4, 0.5) is 0 Å². The van der Waals surface area contributed by atoms with Crippen molar-refractivity contribution in [2.75, 3.05) is 6.61 Å². The van der Waals surface area contributed by atoms with Crippen LogP contribution in [-0.4, -0.2) is 35.0 Å². The van der Waals surface area contributed by atoms with Gasteiger partial charge in [0.15, 0.2) is 0 Å². The van der Waals surface area contributed by atoms with Crippen LogP contribution < -0.4 is 0 Å². The fraction of sp³-hybridized carbons (Fsp3) is 0.786. The van der Waals surface area contributed by atoms with Crippen molar-refractivity contribution in [1.82, 2.24) is 0 Å². The minimum absolute atomic E-state index is 0.221. The number of unbranched alkanes of at least 4 members (excludes halogenated alkanes) is 1. The predicted molar refractivity (Wildman–Crippen MR) is 67.2 cm³/mol. The van der Waals surface area contributed by atoms with Gasteiger partial charge in [-0.25, -0.2) is 0 Å². The smallest absolute Gasteiger partial charge is 0.303 e. The van der Waals surface area contributed by atoms with E-state index in [0.717, 1.165) is 25.7 Å². The van der Waals surface area contributed by atoms with Crippen LogP contribution in [0.25, 0.3) is 0 Å². The lowest BCUT2D eigenvalue weighted by molar-refractivity contribution is -0.137. The Balaban J connectivity index is 1.69. The lowest BCUT2D eigenvalue weighted by Crippen LogP contribution is -2.29. The quantitative estimate of drug-likeness (QED) is 0.538. The van der Waals surface area contributed by atoms with Crippen molar-refractivity contribution in [2.24, 2.45) is 11.8 Å². The van der Waals surface area contributed by atoms with Crippen molar-refractivity contribution < 1.29 is 19.7 Å². The van der Waals surface area contributed by atoms with Crippen molar-refractivity contribution in [2.45, 2.75) is 50.7 Å². The van der Waals surface area contributed by atoms with E-state index in [1.54, 1.807) is 0 Å². The zero-order chi connectivity index (χ0) is 13.0. The SMILES string of the molecule is O=C(O)CCC/C=C\C[C@@H]1[C@@H](CO)[C@H]2CC[C@@H]1O2. The molecule has 4 nitrogen and oxygen atoms in total. The van der Waals surface area contributed by atoms with Crippen LogP contribution in [0.3, 0.4) is 0 Å². The summed E-state index contributed by atoms with van der Waals surface area (Å²) in [7, 11) is 0. The fourth-order valence-corrected chi connectivity index (χ4v) is 3.19. The number of fused-ring (bicyclic) bond motifs is 2. The zero-order valence-corrected chi connectivity index (χ0v) is 10.6. The van der Waals surface area contributed by atoms with Gasteiger partial charge in [-0.15, -0.1) is 0 Å². The zero-order valence-electron chi connectivity index (χ0n) is 10.6. The van der Waals surface area contributed by atoms with Crippen LogP contribution >= 0.6 is 0 Å². The molecule has 2 N–H and O–H groups in total. The van der Waals surface area contributed by atoms with Crippen LogP contribution in [0.5, 0.6) is 0 Å². The molecule has 2 fully saturated rings. The maximum Gasteiger partial charge on any atom is 0.303 e. The first-order valence-corrected chi connectivity index (χ1v) is 6.85. The van der Waals surface area contributed by atoms with Gasteiger partial charge < -0.3 is 14.9 Å². The number of carbonyl (C=O) groups is 1. The molecule has 0 unspecified atom stereocenters. The van der Waals surface area contributed by atoms with Crippen LogP contribution in [0.15, 0.2) is 12.2 Å². The monoisotopic (exact) mass is 254 g/mol. The Labute approximate surface area is 108 Å². The van der Waals surface area contributed by atoms with Gasteiger partial charge in [-0.2, -0.15) is 0 Å². The summed E-state index contributed by atoms with van der Waals surface area (Å²) >= 11 is 0. The number of rotatable bonds is 7. The van der Waals surface area contributed by atoms with Crippen molar-refractivity contribution in [3.63, 3.8) is 0 Å². The Morgan fingerprint density at radius 1 is 1.22 bits per heavy atom. The Morgan fingerprint density at radius 2 is 1.94 bits per heavy atom. The second kappa shape index (κ2) is 6.34. The number of carboxylic acid groups (broad SMARTS) is 1. The standard InChI is InChI=1S/C14H22O4/c15-9-11-10(12-7-8-13(11)18-12)5-3-1-2-4-6-14(16)17/h1,3,10-13,15H,2,4-9H2,(H,16,17)/b3-1-/t10-,11-,12+,13-/m1/s1. The first-order valence-electron chi connectivity index (χ1n) is 6.85. The molecule has 2 saturated heterocycles. The molecule has 0 aliphatic carbocycles. The number of aliphatic hydroxyl groups is 1. The van der Waals surface area contributed by atoms with Gasteiger partial charge in [0.2, 0.25) is 0 Å². The number of hydrogen-bond acceptors (Lipinski definition) is 3. The lowest BCUT2D eigenvalue weighted by Gasteiger charge is -2.25. The van der Waals surface area contributed by atoms with Crippen LogP contribution in [0.1, 0.15) is 38.5 Å². The minimum atomic E-state index is -0.731. The van der Waals surface area contributed by atoms with Crippen molar-refractivity contribution in [1.29, 1.82) is 0 Å². The van der Waals surface area contributed by atoms with E-state index in [0.29, 0.717) is 24.4 Å². The van der Waals surface area contributed by atoms with Gasteiger partial charge in [-0.1, -0.05) is 12.2 Å². The summed E-state index contributed by atoms with van der Waals surface area (Å²) in [5.74, 6) is 0.0159. The van der Waals surface area contributed by atoms with Crippen LogP contribution in [0, 0.1) is 11.8 Å². The van der Waals surface area contributed by atoms with Gasteiger partial charge in [0.25, 0.3) is 0 Å². The molecular weight excluding hydrogens is 232 g/mol. The first kappa shape index (κ1) is 13.6. The average molecular weight is 254 g/mol. The highest BCUT2D eigenvalue weighted by molar-refractivity contribution is 5.66. The van der Waals surface area contributed by atoms with Gasteiger partial charge in [0.1, 0.15) is 0 Å². The Hall–Kier alpha value is -0.870. The van der Waals surface area contributed by atoms with Crippen LogP contribution in [0.2, 0.25) is 0 Å². The van der Waals surface area contributed by atoms with E-state index in [-0.39, 0.29) is 19.1 Å². The second-order valence-electron chi connectivity index (χ2n) is 5.29. The van der Waals surface area contributed by atoms with Crippen LogP contribution in [-0.2, 0) is 9.53 Å². The third kappa shape index (κ3) is 3.12. The first-order chi connectivity index (χ1) is 8.72. The Morgan fingerprint density at radius 3 is 2.61 bits per heavy atom. The largest absolute Gasteiger partial charge is 0.481 e. The van der Waals surface area contributed by atoms with Gasteiger partial charge in [0.05, 0.1) is 12.2 Å². The molecule has 2 bridgehead atoms. The third-order valence-corrected chi connectivity index (χ3v) is 4.14. The number of aliphatic carboxylic acids is 1. The van der Waals surface area contributed by atoms with Gasteiger partial charge in [-0.05, 0) is 38.0 Å². The molecule has 2 aliphatic heterocycles. The molecule has 0 spiro atoms. The second-order valence-corrected chi connectivity index (χ2v) is 5.29. The Kier molecular flexibility index (Phi) is 4.78. The number of carboxylic acids is 1. The summed E-state index contributed by atoms with van der Waals surface area (Å²) < 4.78 is 5.83. The molecule has 2 heterocycles. The fourth-order valence-electron chi connectivity index (χ4n) is 3.19. The van der Waals surface area contributed by atoms with E-state index in [1.165, 1.54) is 0 Å².